The fourth-order valence-corrected chi connectivity index (χ4v) is 3.99. The van der Waals surface area contributed by atoms with Gasteiger partial charge in [0.2, 0.25) is 5.91 Å². The van der Waals surface area contributed by atoms with E-state index in [2.05, 4.69) is 9.60 Å². The average molecular weight is 375 g/mol. The largest absolute Gasteiger partial charge is 0.418 e. The minimum absolute atomic E-state index is 0.0833. The molecule has 3 aliphatic heterocycles. The molecule has 12 heteroatoms. The number of hydrogen-bond donors (Lipinski definition) is 3. The summed E-state index contributed by atoms with van der Waals surface area (Å²) >= 11 is 0. The molecule has 3 rings (SSSR count). The molecule has 0 saturated carbocycles. The predicted octanol–water partition coefficient (Wildman–Crippen LogP) is -0.965. The van der Waals surface area contributed by atoms with Crippen molar-refractivity contribution in [2.45, 2.75) is 31.3 Å². The highest BCUT2D eigenvalue weighted by Gasteiger charge is 2.48. The maximum Gasteiger partial charge on any atom is 0.418 e. The van der Waals surface area contributed by atoms with Crippen molar-refractivity contribution >= 4 is 28.2 Å². The van der Waals surface area contributed by atoms with E-state index in [0.29, 0.717) is 24.4 Å². The summed E-state index contributed by atoms with van der Waals surface area (Å²) < 4.78 is 34.9. The predicted molar refractivity (Wildman–Crippen MR) is 84.9 cm³/mol. The molecule has 3 fully saturated rings. The van der Waals surface area contributed by atoms with Crippen molar-refractivity contribution in [1.29, 1.82) is 5.41 Å². The fraction of sp³-hybridized carbons (Fsp3) is 0.769. The van der Waals surface area contributed by atoms with Gasteiger partial charge in [-0.25, -0.2) is 4.79 Å². The standard InChI is InChI=1S/C13H21N5O6S/c1-16-5-4-8(6-16)12(19)15-11(14)10-3-2-9-7-17(10)13(20)18(9)24-25(21,22)23/h8-10H,2-7H2,1H3,(H2,14,15,19)(H,21,22,23)/t8-,9+,10-/m0/s1. The van der Waals surface area contributed by atoms with Gasteiger partial charge < -0.3 is 15.1 Å². The molecule has 3 amide bonds. The molecule has 3 saturated heterocycles. The van der Waals surface area contributed by atoms with Crippen LogP contribution in [0.1, 0.15) is 19.3 Å². The first-order valence-electron chi connectivity index (χ1n) is 8.00. The number of amidine groups is 1. The van der Waals surface area contributed by atoms with Crippen molar-refractivity contribution in [3.63, 3.8) is 0 Å². The number of urea groups is 1. The van der Waals surface area contributed by atoms with Gasteiger partial charge in [0.15, 0.2) is 0 Å². The first kappa shape index (κ1) is 18.0. The minimum atomic E-state index is -4.80. The van der Waals surface area contributed by atoms with Crippen LogP contribution in [-0.4, -0.2) is 84.4 Å². The molecule has 3 heterocycles. The van der Waals surface area contributed by atoms with Crippen molar-refractivity contribution in [2.24, 2.45) is 5.92 Å². The molecule has 0 unspecified atom stereocenters. The Bertz CT molecular complexity index is 697. The van der Waals surface area contributed by atoms with Crippen LogP contribution in [0.2, 0.25) is 0 Å². The van der Waals surface area contributed by atoms with Crippen LogP contribution in [0.5, 0.6) is 0 Å². The second-order valence-corrected chi connectivity index (χ2v) is 7.67. The quantitative estimate of drug-likeness (QED) is 0.326. The van der Waals surface area contributed by atoms with Gasteiger partial charge in [0, 0.05) is 13.1 Å². The minimum Gasteiger partial charge on any atom is -0.313 e. The summed E-state index contributed by atoms with van der Waals surface area (Å²) in [7, 11) is -2.88. The first-order chi connectivity index (χ1) is 11.7. The number of amides is 3. The Balaban J connectivity index is 1.63. The third-order valence-electron chi connectivity index (χ3n) is 4.85. The average Bonchev–Trinajstić information content (AvgIpc) is 3.05. The summed E-state index contributed by atoms with van der Waals surface area (Å²) in [4.78, 5) is 27.9. The van der Waals surface area contributed by atoms with Gasteiger partial charge in [-0.2, -0.15) is 13.5 Å². The molecule has 3 atom stereocenters. The Hall–Kier alpha value is -1.76. The fourth-order valence-electron chi connectivity index (χ4n) is 3.60. The Morgan fingerprint density at radius 1 is 1.32 bits per heavy atom. The zero-order chi connectivity index (χ0) is 18.4. The van der Waals surface area contributed by atoms with E-state index in [4.69, 9.17) is 9.96 Å². The van der Waals surface area contributed by atoms with Gasteiger partial charge in [-0.15, -0.1) is 4.28 Å². The molecule has 0 spiro atoms. The number of likely N-dealkylation sites (tertiary alicyclic amines) is 1. The van der Waals surface area contributed by atoms with Crippen molar-refractivity contribution < 1.29 is 26.8 Å². The third kappa shape index (κ3) is 3.76. The third-order valence-corrected chi connectivity index (χ3v) is 5.20. The summed E-state index contributed by atoms with van der Waals surface area (Å²) in [6, 6.07) is -1.91. The van der Waals surface area contributed by atoms with Crippen molar-refractivity contribution in [3.8, 4) is 0 Å². The highest BCUT2D eigenvalue weighted by molar-refractivity contribution is 7.80. The van der Waals surface area contributed by atoms with Crippen molar-refractivity contribution in [2.75, 3.05) is 26.7 Å². The highest BCUT2D eigenvalue weighted by atomic mass is 32.3. The number of nitrogens with one attached hydrogen (secondary N) is 2. The number of rotatable bonds is 4. The Kier molecular flexibility index (Phi) is 4.70. The summed E-state index contributed by atoms with van der Waals surface area (Å²) in [6.07, 6.45) is 1.51. The SMILES string of the molecule is CN1CC[C@H](C(=O)NC(=N)[C@@H]2CC[C@@H]3CN2C(=O)N3OS(=O)(=O)O)C1. The van der Waals surface area contributed by atoms with Gasteiger partial charge in [-0.05, 0) is 32.9 Å². The van der Waals surface area contributed by atoms with E-state index < -0.39 is 28.5 Å². The van der Waals surface area contributed by atoms with E-state index in [9.17, 15) is 18.0 Å². The molecular weight excluding hydrogens is 354 g/mol. The Morgan fingerprint density at radius 3 is 2.64 bits per heavy atom. The van der Waals surface area contributed by atoms with Crippen LogP contribution in [0.25, 0.3) is 0 Å². The lowest BCUT2D eigenvalue weighted by atomic mass is 9.99. The number of nitrogens with zero attached hydrogens (tertiary/aromatic N) is 3. The molecule has 2 bridgehead atoms. The van der Waals surface area contributed by atoms with Crippen LogP contribution >= 0.6 is 0 Å². The monoisotopic (exact) mass is 375 g/mol. The normalized spacial score (nSPS) is 30.0. The van der Waals surface area contributed by atoms with Gasteiger partial charge >= 0.3 is 16.4 Å². The van der Waals surface area contributed by atoms with Gasteiger partial charge in [0.1, 0.15) is 5.84 Å². The summed E-state index contributed by atoms with van der Waals surface area (Å²) in [5, 5.41) is 11.3. The molecule has 0 aromatic rings. The molecule has 25 heavy (non-hydrogen) atoms. The number of piperidine rings is 1. The van der Waals surface area contributed by atoms with Crippen LogP contribution in [0.3, 0.4) is 0 Å². The first-order valence-corrected chi connectivity index (χ1v) is 9.37. The van der Waals surface area contributed by atoms with E-state index >= 15 is 0 Å². The van der Waals surface area contributed by atoms with E-state index in [1.165, 1.54) is 4.90 Å². The number of hydroxylamine groups is 2. The summed E-state index contributed by atoms with van der Waals surface area (Å²) in [6.45, 7) is 1.62. The topological polar surface area (TPSA) is 143 Å². The lowest BCUT2D eigenvalue weighted by Gasteiger charge is -2.31. The maximum absolute atomic E-state index is 12.3. The molecule has 3 N–H and O–H groups in total. The van der Waals surface area contributed by atoms with Crippen LogP contribution in [0.4, 0.5) is 4.79 Å². The smallest absolute Gasteiger partial charge is 0.313 e. The van der Waals surface area contributed by atoms with Crippen LogP contribution < -0.4 is 5.32 Å². The van der Waals surface area contributed by atoms with Gasteiger partial charge in [0.25, 0.3) is 0 Å². The molecule has 3 aliphatic rings. The zero-order valence-corrected chi connectivity index (χ0v) is 14.5. The van der Waals surface area contributed by atoms with Crippen LogP contribution in [0.15, 0.2) is 0 Å². The number of fused-ring (bicyclic) bond motifs is 2. The second-order valence-electron chi connectivity index (χ2n) is 6.66. The summed E-state index contributed by atoms with van der Waals surface area (Å²) in [5.41, 5.74) is 0. The lowest BCUT2D eigenvalue weighted by Crippen LogP contribution is -2.51. The highest BCUT2D eigenvalue weighted by Crippen LogP contribution is 2.30. The van der Waals surface area contributed by atoms with Crippen molar-refractivity contribution in [1.82, 2.24) is 20.2 Å². The molecule has 140 valence electrons. The lowest BCUT2D eigenvalue weighted by molar-refractivity contribution is -0.123. The van der Waals surface area contributed by atoms with Gasteiger partial charge in [0.05, 0.1) is 18.0 Å². The molecule has 0 radical (unpaired) electrons. The molecule has 11 nitrogen and oxygen atoms in total. The van der Waals surface area contributed by atoms with E-state index in [0.717, 1.165) is 13.0 Å². The molecular formula is C13H21N5O6S. The van der Waals surface area contributed by atoms with E-state index in [1.807, 2.05) is 11.9 Å². The van der Waals surface area contributed by atoms with Gasteiger partial charge in [-0.3, -0.25) is 14.8 Å². The Morgan fingerprint density at radius 2 is 2.04 bits per heavy atom. The molecule has 0 aromatic heterocycles. The number of hydrogen-bond acceptors (Lipinski definition) is 7. The molecule has 0 aliphatic carbocycles. The maximum atomic E-state index is 12.3. The van der Waals surface area contributed by atoms with Gasteiger partial charge in [-0.1, -0.05) is 0 Å². The zero-order valence-electron chi connectivity index (χ0n) is 13.7. The second kappa shape index (κ2) is 6.52. The van der Waals surface area contributed by atoms with E-state index in [-0.39, 0.29) is 24.2 Å². The summed E-state index contributed by atoms with van der Waals surface area (Å²) in [5.74, 6) is -0.510. The Labute approximate surface area is 145 Å². The van der Waals surface area contributed by atoms with Crippen LogP contribution in [-0.2, 0) is 19.5 Å². The van der Waals surface area contributed by atoms with E-state index in [1.54, 1.807) is 0 Å². The number of carbonyl (C=O) groups is 2. The number of carbonyl (C=O) groups excluding carboxylic acids is 2. The van der Waals surface area contributed by atoms with Crippen molar-refractivity contribution in [3.05, 3.63) is 0 Å². The molecule has 0 aromatic carbocycles. The van der Waals surface area contributed by atoms with Crippen LogP contribution in [0, 0.1) is 11.3 Å².